The zero-order valence-electron chi connectivity index (χ0n) is 13.3. The van der Waals surface area contributed by atoms with Crippen LogP contribution >= 0.6 is 11.3 Å². The molecule has 0 aliphatic carbocycles. The molecule has 1 N–H and O–H groups in total. The van der Waals surface area contributed by atoms with Gasteiger partial charge in [-0.1, -0.05) is 27.7 Å². The summed E-state index contributed by atoms with van der Waals surface area (Å²) in [7, 11) is 1.59. The largest absolute Gasteiger partial charge is 0.493 e. The lowest BCUT2D eigenvalue weighted by Crippen LogP contribution is -2.13. The van der Waals surface area contributed by atoms with Gasteiger partial charge in [0.1, 0.15) is 11.8 Å². The van der Waals surface area contributed by atoms with Gasteiger partial charge >= 0.3 is 0 Å². The smallest absolute Gasteiger partial charge is 0.163 e. The van der Waals surface area contributed by atoms with Crippen molar-refractivity contribution in [2.75, 3.05) is 7.11 Å². The molecule has 0 saturated carbocycles. The molecule has 6 heteroatoms. The minimum Gasteiger partial charge on any atom is -0.493 e. The van der Waals surface area contributed by atoms with Crippen LogP contribution in [0.1, 0.15) is 56.6 Å². The molecular weight excluding hydrogens is 286 g/mol. The van der Waals surface area contributed by atoms with E-state index in [1.165, 1.54) is 0 Å². The molecule has 1 unspecified atom stereocenters. The molecule has 0 radical (unpaired) electrons. The van der Waals surface area contributed by atoms with Crippen LogP contribution in [0.5, 0.6) is 5.75 Å². The Morgan fingerprint density at radius 3 is 2.67 bits per heavy atom. The van der Waals surface area contributed by atoms with Crippen molar-refractivity contribution in [1.82, 2.24) is 14.8 Å². The van der Waals surface area contributed by atoms with E-state index in [0.717, 1.165) is 18.0 Å². The predicted octanol–water partition coefficient (Wildman–Crippen LogP) is 3.14. The van der Waals surface area contributed by atoms with Crippen molar-refractivity contribution in [2.24, 2.45) is 0 Å². The van der Waals surface area contributed by atoms with Crippen molar-refractivity contribution in [3.63, 3.8) is 0 Å². The quantitative estimate of drug-likeness (QED) is 0.922. The standard InChI is InChI=1S/C15H23N3O2S/c1-6-7-18-12(11(20-5)8-16-18)13(19)10-9-21-14(17-10)15(2,3)4/h8-9,13,19H,6-7H2,1-5H3. The highest BCUT2D eigenvalue weighted by Gasteiger charge is 2.26. The molecule has 116 valence electrons. The average Bonchev–Trinajstić information content (AvgIpc) is 3.04. The van der Waals surface area contributed by atoms with Gasteiger partial charge in [0.15, 0.2) is 5.75 Å². The topological polar surface area (TPSA) is 60.2 Å². The number of rotatable bonds is 5. The lowest BCUT2D eigenvalue weighted by molar-refractivity contribution is 0.197. The minimum absolute atomic E-state index is 0.0175. The van der Waals surface area contributed by atoms with E-state index in [2.05, 4.69) is 37.8 Å². The van der Waals surface area contributed by atoms with E-state index in [-0.39, 0.29) is 5.41 Å². The van der Waals surface area contributed by atoms with Crippen LogP contribution in [-0.2, 0) is 12.0 Å². The summed E-state index contributed by atoms with van der Waals surface area (Å²) < 4.78 is 7.11. The van der Waals surface area contributed by atoms with Gasteiger partial charge in [-0.25, -0.2) is 4.98 Å². The number of aliphatic hydroxyl groups is 1. The van der Waals surface area contributed by atoms with Gasteiger partial charge in [-0.3, -0.25) is 4.68 Å². The lowest BCUT2D eigenvalue weighted by atomic mass is 9.98. The highest BCUT2D eigenvalue weighted by Crippen LogP contribution is 2.33. The summed E-state index contributed by atoms with van der Waals surface area (Å²) in [4.78, 5) is 4.59. The van der Waals surface area contributed by atoms with Crippen LogP contribution in [0.3, 0.4) is 0 Å². The van der Waals surface area contributed by atoms with Crippen LogP contribution in [0.15, 0.2) is 11.6 Å². The molecule has 5 nitrogen and oxygen atoms in total. The second-order valence-electron chi connectivity index (χ2n) is 6.05. The van der Waals surface area contributed by atoms with Crippen LogP contribution in [-0.4, -0.2) is 27.0 Å². The Kier molecular flexibility index (Phi) is 4.68. The number of aliphatic hydroxyl groups excluding tert-OH is 1. The molecule has 0 spiro atoms. The second kappa shape index (κ2) is 6.15. The van der Waals surface area contributed by atoms with Gasteiger partial charge < -0.3 is 9.84 Å². The molecule has 2 rings (SSSR count). The molecule has 2 aromatic heterocycles. The Morgan fingerprint density at radius 1 is 1.43 bits per heavy atom. The Morgan fingerprint density at radius 2 is 2.14 bits per heavy atom. The lowest BCUT2D eigenvalue weighted by Gasteiger charge is -2.15. The molecule has 0 fully saturated rings. The van der Waals surface area contributed by atoms with Gasteiger partial charge in [0.05, 0.1) is 24.0 Å². The Labute approximate surface area is 129 Å². The summed E-state index contributed by atoms with van der Waals surface area (Å²) in [6.07, 6.45) is 1.77. The number of aryl methyl sites for hydroxylation is 1. The number of methoxy groups -OCH3 is 1. The summed E-state index contributed by atoms with van der Waals surface area (Å²) in [5.41, 5.74) is 1.31. The summed E-state index contributed by atoms with van der Waals surface area (Å²) in [6, 6.07) is 0. The first kappa shape index (κ1) is 16.0. The monoisotopic (exact) mass is 309 g/mol. The number of aromatic nitrogens is 3. The van der Waals surface area contributed by atoms with E-state index >= 15 is 0 Å². The maximum atomic E-state index is 10.7. The Balaban J connectivity index is 2.37. The highest BCUT2D eigenvalue weighted by molar-refractivity contribution is 7.09. The van der Waals surface area contributed by atoms with E-state index in [4.69, 9.17) is 4.74 Å². The van der Waals surface area contributed by atoms with Crippen molar-refractivity contribution in [3.8, 4) is 5.75 Å². The number of hydrogen-bond donors (Lipinski definition) is 1. The number of nitrogens with zero attached hydrogens (tertiary/aromatic N) is 3. The fourth-order valence-electron chi connectivity index (χ4n) is 2.10. The normalized spacial score (nSPS) is 13.4. The van der Waals surface area contributed by atoms with Gasteiger partial charge in [0, 0.05) is 17.3 Å². The summed E-state index contributed by atoms with van der Waals surface area (Å²) in [6.45, 7) is 9.16. The molecule has 1 atom stereocenters. The highest BCUT2D eigenvalue weighted by atomic mass is 32.1. The third-order valence-electron chi connectivity index (χ3n) is 3.20. The first-order chi connectivity index (χ1) is 9.88. The summed E-state index contributed by atoms with van der Waals surface area (Å²) in [5, 5.41) is 17.9. The number of ether oxygens (including phenoxy) is 1. The average molecular weight is 309 g/mol. The van der Waals surface area contributed by atoms with Crippen molar-refractivity contribution in [3.05, 3.63) is 28.0 Å². The second-order valence-corrected chi connectivity index (χ2v) is 6.91. The van der Waals surface area contributed by atoms with Crippen molar-refractivity contribution in [2.45, 2.75) is 52.2 Å². The summed E-state index contributed by atoms with van der Waals surface area (Å²) in [5.74, 6) is 0.598. The Bertz CT molecular complexity index is 598. The Hall–Kier alpha value is -1.40. The zero-order chi connectivity index (χ0) is 15.6. The van der Waals surface area contributed by atoms with Crippen LogP contribution in [0.2, 0.25) is 0 Å². The molecule has 21 heavy (non-hydrogen) atoms. The van der Waals surface area contributed by atoms with E-state index in [1.807, 2.05) is 5.38 Å². The van der Waals surface area contributed by atoms with E-state index in [0.29, 0.717) is 17.1 Å². The first-order valence-corrected chi connectivity index (χ1v) is 8.00. The molecule has 0 aliphatic rings. The molecule has 2 heterocycles. The van der Waals surface area contributed by atoms with Crippen LogP contribution in [0.25, 0.3) is 0 Å². The van der Waals surface area contributed by atoms with Crippen molar-refractivity contribution < 1.29 is 9.84 Å². The maximum Gasteiger partial charge on any atom is 0.163 e. The maximum absolute atomic E-state index is 10.7. The molecule has 0 amide bonds. The first-order valence-electron chi connectivity index (χ1n) is 7.12. The summed E-state index contributed by atoms with van der Waals surface area (Å²) >= 11 is 1.57. The van der Waals surface area contributed by atoms with Crippen LogP contribution in [0, 0.1) is 0 Å². The van der Waals surface area contributed by atoms with Gasteiger partial charge in [-0.2, -0.15) is 5.10 Å². The van der Waals surface area contributed by atoms with E-state index in [1.54, 1.807) is 29.3 Å². The zero-order valence-corrected chi connectivity index (χ0v) is 14.1. The van der Waals surface area contributed by atoms with Gasteiger partial charge in [0.2, 0.25) is 0 Å². The fraction of sp³-hybridized carbons (Fsp3) is 0.600. The van der Waals surface area contributed by atoms with Crippen LogP contribution in [0.4, 0.5) is 0 Å². The molecule has 0 aromatic carbocycles. The SMILES string of the molecule is CCCn1ncc(OC)c1C(O)c1csc(C(C)(C)C)n1. The molecule has 0 saturated heterocycles. The van der Waals surface area contributed by atoms with Crippen molar-refractivity contribution >= 4 is 11.3 Å². The van der Waals surface area contributed by atoms with Gasteiger partial charge in [-0.15, -0.1) is 11.3 Å². The minimum atomic E-state index is -0.818. The molecule has 0 bridgehead atoms. The fourth-order valence-corrected chi connectivity index (χ4v) is 3.02. The van der Waals surface area contributed by atoms with Gasteiger partial charge in [0.25, 0.3) is 0 Å². The van der Waals surface area contributed by atoms with E-state index < -0.39 is 6.10 Å². The van der Waals surface area contributed by atoms with Gasteiger partial charge in [-0.05, 0) is 6.42 Å². The molecular formula is C15H23N3O2S. The van der Waals surface area contributed by atoms with Crippen molar-refractivity contribution in [1.29, 1.82) is 0 Å². The third-order valence-corrected chi connectivity index (χ3v) is 4.49. The number of thiazole rings is 1. The number of hydrogen-bond acceptors (Lipinski definition) is 5. The van der Waals surface area contributed by atoms with Crippen LogP contribution < -0.4 is 4.74 Å². The molecule has 0 aliphatic heterocycles. The predicted molar refractivity (Wildman–Crippen MR) is 83.9 cm³/mol. The van der Waals surface area contributed by atoms with E-state index in [9.17, 15) is 5.11 Å². The third kappa shape index (κ3) is 3.27. The molecule has 2 aromatic rings.